The number of rotatable bonds is 7. The van der Waals surface area contributed by atoms with Crippen LogP contribution in [0.2, 0.25) is 0 Å². The van der Waals surface area contributed by atoms with Gasteiger partial charge in [0.1, 0.15) is 41.7 Å². The average molecular weight is 693 g/mol. The molecule has 0 spiro atoms. The van der Waals surface area contributed by atoms with Crippen LogP contribution in [0, 0.1) is 17.3 Å². The third kappa shape index (κ3) is 13.0. The fourth-order valence-electron chi connectivity index (χ4n) is 5.84. The van der Waals surface area contributed by atoms with Gasteiger partial charge in [0.15, 0.2) is 0 Å². The van der Waals surface area contributed by atoms with Crippen molar-refractivity contribution in [1.29, 1.82) is 0 Å². The molecule has 16 nitrogen and oxygen atoms in total. The Bertz CT molecular complexity index is 1290. The minimum atomic E-state index is -1.60. The van der Waals surface area contributed by atoms with Crippen molar-refractivity contribution in [3.8, 4) is 0 Å². The smallest absolute Gasteiger partial charge is 0.326 e. The molecule has 1 unspecified atom stereocenters. The molecule has 2 rings (SSSR count). The van der Waals surface area contributed by atoms with E-state index < -0.39 is 77.1 Å². The fraction of sp³-hybridized carbons (Fsp3) is 0.727. The van der Waals surface area contributed by atoms with Gasteiger partial charge in [-0.25, -0.2) is 4.79 Å². The Hall–Kier alpha value is -4.21. The van der Waals surface area contributed by atoms with Crippen LogP contribution in [-0.4, -0.2) is 106 Å². The van der Waals surface area contributed by atoms with E-state index in [1.807, 2.05) is 13.8 Å². The third-order valence-electron chi connectivity index (χ3n) is 8.52. The van der Waals surface area contributed by atoms with E-state index in [9.17, 15) is 48.6 Å². The summed E-state index contributed by atoms with van der Waals surface area (Å²) in [6.45, 7) is 9.82. The molecule has 49 heavy (non-hydrogen) atoms. The van der Waals surface area contributed by atoms with E-state index in [-0.39, 0.29) is 74.8 Å². The summed E-state index contributed by atoms with van der Waals surface area (Å²) in [6, 6.07) is -5.52. The van der Waals surface area contributed by atoms with E-state index in [2.05, 4.69) is 31.6 Å². The predicted octanol–water partition coefficient (Wildman–Crippen LogP) is -0.447. The Morgan fingerprint density at radius 2 is 1.45 bits per heavy atom. The summed E-state index contributed by atoms with van der Waals surface area (Å²) >= 11 is 0. The standard InChI is InChI=1S/C33H52N6O10/c1-17(2)27(32(48)49)38-30(46)21-10-11-24(43)35-14-12-25(44)34-13-8-7-9-20(29(45)39-28(19(4)40)31(47)37-21)36-18(3)26-22(41)15-33(5,6)16-23(26)42/h17,19-21,26-28,40H,7-16H2,1-6H3,(H,34,44)(H,35,43)(H,37,47)(H,38,46)(H,39,45)(H,48,49)/t19?,20-,21-,27-,28-/m0/s1. The number of aliphatic hydroxyl groups is 1. The maximum Gasteiger partial charge on any atom is 0.326 e. The molecule has 1 aliphatic carbocycles. The van der Waals surface area contributed by atoms with Gasteiger partial charge in [0.25, 0.3) is 0 Å². The number of aliphatic carboxylic acids is 1. The summed E-state index contributed by atoms with van der Waals surface area (Å²) in [7, 11) is 0. The summed E-state index contributed by atoms with van der Waals surface area (Å²) in [6.07, 6.45) is -0.793. The molecule has 1 heterocycles. The van der Waals surface area contributed by atoms with E-state index in [4.69, 9.17) is 0 Å². The number of ketones is 2. The molecule has 0 radical (unpaired) electrons. The molecule has 1 saturated carbocycles. The van der Waals surface area contributed by atoms with Crippen molar-refractivity contribution in [3.05, 3.63) is 0 Å². The van der Waals surface area contributed by atoms with Crippen LogP contribution in [0.3, 0.4) is 0 Å². The molecule has 7 N–H and O–H groups in total. The van der Waals surface area contributed by atoms with Crippen LogP contribution in [0.5, 0.6) is 0 Å². The largest absolute Gasteiger partial charge is 0.480 e. The highest BCUT2D eigenvalue weighted by atomic mass is 16.4. The summed E-state index contributed by atoms with van der Waals surface area (Å²) in [5, 5.41) is 32.7. The van der Waals surface area contributed by atoms with Crippen LogP contribution in [0.15, 0.2) is 4.99 Å². The van der Waals surface area contributed by atoms with Gasteiger partial charge in [-0.05, 0) is 50.9 Å². The maximum atomic E-state index is 13.7. The number of carboxylic acid groups (broad SMARTS) is 1. The van der Waals surface area contributed by atoms with Gasteiger partial charge in [-0.3, -0.25) is 38.6 Å². The topological polar surface area (TPSA) is 250 Å². The molecule has 5 amide bonds. The van der Waals surface area contributed by atoms with Crippen LogP contribution >= 0.6 is 0 Å². The summed E-state index contributed by atoms with van der Waals surface area (Å²) in [5.41, 5.74) is -0.340. The fourth-order valence-corrected chi connectivity index (χ4v) is 5.84. The number of carbonyl (C=O) groups excluding carboxylic acids is 7. The van der Waals surface area contributed by atoms with Gasteiger partial charge < -0.3 is 36.8 Å². The van der Waals surface area contributed by atoms with E-state index in [1.165, 1.54) is 13.8 Å². The van der Waals surface area contributed by atoms with Crippen molar-refractivity contribution in [2.24, 2.45) is 22.2 Å². The number of hydrogen-bond donors (Lipinski definition) is 7. The van der Waals surface area contributed by atoms with Crippen LogP contribution in [0.25, 0.3) is 0 Å². The number of nitrogens with zero attached hydrogens (tertiary/aromatic N) is 1. The molecule has 0 bridgehead atoms. The van der Waals surface area contributed by atoms with Gasteiger partial charge in [-0.1, -0.05) is 27.7 Å². The Kier molecular flexibility index (Phi) is 15.5. The zero-order chi connectivity index (χ0) is 37.1. The van der Waals surface area contributed by atoms with Gasteiger partial charge in [-0.15, -0.1) is 0 Å². The Balaban J connectivity index is 2.42. The SMILES string of the molecule is CC(=N[C@H]1CCCCNC(=O)CCNC(=O)CC[C@@H](C(=O)N[C@H](C(=O)O)C(C)C)NC(=O)[C@H](C(C)O)NC1=O)C1C(=O)CC(C)(C)CC1=O. The van der Waals surface area contributed by atoms with Crippen molar-refractivity contribution in [2.45, 2.75) is 123 Å². The van der Waals surface area contributed by atoms with Crippen LogP contribution in [0.1, 0.15) is 92.9 Å². The van der Waals surface area contributed by atoms with Gasteiger partial charge in [0.2, 0.25) is 29.5 Å². The van der Waals surface area contributed by atoms with Crippen molar-refractivity contribution in [1.82, 2.24) is 26.6 Å². The van der Waals surface area contributed by atoms with Crippen molar-refractivity contribution in [2.75, 3.05) is 13.1 Å². The first-order chi connectivity index (χ1) is 22.8. The van der Waals surface area contributed by atoms with Gasteiger partial charge >= 0.3 is 5.97 Å². The normalized spacial score (nSPS) is 25.8. The highest BCUT2D eigenvalue weighted by Gasteiger charge is 2.41. The first-order valence-corrected chi connectivity index (χ1v) is 16.8. The maximum absolute atomic E-state index is 13.7. The molecule has 2 fully saturated rings. The molecule has 5 atom stereocenters. The molecule has 1 saturated heterocycles. The number of amides is 5. The molecule has 16 heteroatoms. The second-order valence-electron chi connectivity index (χ2n) is 14.0. The number of hydrogen-bond acceptors (Lipinski definition) is 10. The number of aliphatic hydroxyl groups excluding tert-OH is 1. The Labute approximate surface area is 286 Å². The van der Waals surface area contributed by atoms with E-state index in [1.54, 1.807) is 13.8 Å². The first-order valence-electron chi connectivity index (χ1n) is 16.8. The number of aliphatic imine (C=N–C) groups is 1. The molecular formula is C33H52N6O10. The highest BCUT2D eigenvalue weighted by Crippen LogP contribution is 2.34. The molecular weight excluding hydrogens is 640 g/mol. The van der Waals surface area contributed by atoms with Gasteiger partial charge in [0, 0.05) is 44.5 Å². The minimum absolute atomic E-state index is 0.0106. The second kappa shape index (κ2) is 18.5. The van der Waals surface area contributed by atoms with Crippen molar-refractivity contribution < 1.29 is 48.6 Å². The Morgan fingerprint density at radius 1 is 0.857 bits per heavy atom. The summed E-state index contributed by atoms with van der Waals surface area (Å²) in [4.78, 5) is 107. The lowest BCUT2D eigenvalue weighted by Crippen LogP contribution is -2.59. The summed E-state index contributed by atoms with van der Waals surface area (Å²) in [5.74, 6) is -7.05. The summed E-state index contributed by atoms with van der Waals surface area (Å²) < 4.78 is 0. The van der Waals surface area contributed by atoms with Crippen LogP contribution in [-0.2, 0) is 38.4 Å². The Morgan fingerprint density at radius 3 is 2.02 bits per heavy atom. The molecule has 0 aromatic heterocycles. The molecule has 0 aromatic carbocycles. The number of nitrogens with one attached hydrogen (secondary N) is 5. The van der Waals surface area contributed by atoms with Crippen molar-refractivity contribution in [3.63, 3.8) is 0 Å². The lowest BCUT2D eigenvalue weighted by Gasteiger charge is -2.32. The monoisotopic (exact) mass is 692 g/mol. The number of carbonyl (C=O) groups is 8. The second-order valence-corrected chi connectivity index (χ2v) is 14.0. The quantitative estimate of drug-likeness (QED) is 0.134. The van der Waals surface area contributed by atoms with Gasteiger partial charge in [0.05, 0.1) is 6.10 Å². The highest BCUT2D eigenvalue weighted by molar-refractivity contribution is 6.22. The van der Waals surface area contributed by atoms with E-state index in [0.717, 1.165) is 0 Å². The zero-order valence-electron chi connectivity index (χ0n) is 29.2. The third-order valence-corrected chi connectivity index (χ3v) is 8.52. The average Bonchev–Trinajstić information content (AvgIpc) is 2.97. The van der Waals surface area contributed by atoms with E-state index in [0.29, 0.717) is 12.8 Å². The molecule has 0 aromatic rings. The molecule has 2 aliphatic rings. The zero-order valence-corrected chi connectivity index (χ0v) is 29.2. The number of carboxylic acids is 1. The van der Waals surface area contributed by atoms with Crippen LogP contribution in [0.4, 0.5) is 0 Å². The van der Waals surface area contributed by atoms with Crippen molar-refractivity contribution >= 4 is 52.8 Å². The van der Waals surface area contributed by atoms with Crippen LogP contribution < -0.4 is 26.6 Å². The van der Waals surface area contributed by atoms with E-state index >= 15 is 0 Å². The lowest BCUT2D eigenvalue weighted by molar-refractivity contribution is -0.144. The van der Waals surface area contributed by atoms with Gasteiger partial charge in [-0.2, -0.15) is 0 Å². The molecule has 1 aliphatic heterocycles. The number of Topliss-reactive ketones (excluding diaryl/α,β-unsaturated/α-hetero) is 2. The molecule has 274 valence electrons. The lowest BCUT2D eigenvalue weighted by atomic mass is 9.70. The predicted molar refractivity (Wildman–Crippen MR) is 177 cm³/mol. The minimum Gasteiger partial charge on any atom is -0.480 e. The first kappa shape index (κ1) is 41.0.